The van der Waals surface area contributed by atoms with Crippen LogP contribution in [0.3, 0.4) is 0 Å². The van der Waals surface area contributed by atoms with E-state index in [1.807, 2.05) is 22.7 Å². The van der Waals surface area contributed by atoms with Crippen molar-refractivity contribution in [1.29, 1.82) is 0 Å². The monoisotopic (exact) mass is 659 g/mol. The third-order valence-electron chi connectivity index (χ3n) is 9.68. The third kappa shape index (κ3) is 4.51. The zero-order chi connectivity index (χ0) is 32.3. The van der Waals surface area contributed by atoms with Crippen molar-refractivity contribution in [1.82, 2.24) is 0 Å². The Labute approximate surface area is 292 Å². The average Bonchev–Trinajstić information content (AvgIpc) is 3.75. The van der Waals surface area contributed by atoms with Gasteiger partial charge in [-0.1, -0.05) is 140 Å². The van der Waals surface area contributed by atoms with Gasteiger partial charge >= 0.3 is 0 Å². The maximum Gasteiger partial charge on any atom is 0.0641 e. The Kier molecular flexibility index (Phi) is 6.61. The number of hydrogen-bond donors (Lipinski definition) is 0. The van der Waals surface area contributed by atoms with Gasteiger partial charge in [-0.2, -0.15) is 0 Å². The molecule has 0 amide bonds. The molecule has 0 aliphatic carbocycles. The van der Waals surface area contributed by atoms with Crippen LogP contribution in [-0.4, -0.2) is 0 Å². The molecule has 0 spiro atoms. The summed E-state index contributed by atoms with van der Waals surface area (Å²) in [6.45, 7) is 0. The van der Waals surface area contributed by atoms with Crippen LogP contribution in [0.1, 0.15) is 0 Å². The van der Waals surface area contributed by atoms with Crippen molar-refractivity contribution < 1.29 is 0 Å². The van der Waals surface area contributed by atoms with Gasteiger partial charge in [0.05, 0.1) is 21.8 Å². The molecule has 1 nitrogen and oxygen atoms in total. The molecular weight excluding hydrogens is 631 g/mol. The Morgan fingerprint density at radius 1 is 0.306 bits per heavy atom. The second-order valence-electron chi connectivity index (χ2n) is 12.4. The van der Waals surface area contributed by atoms with E-state index in [1.165, 1.54) is 90.4 Å². The molecule has 0 aliphatic heterocycles. The second kappa shape index (κ2) is 11.5. The van der Waals surface area contributed by atoms with Crippen LogP contribution in [0, 0.1) is 0 Å². The predicted octanol–water partition coefficient (Wildman–Crippen LogP) is 14.4. The van der Waals surface area contributed by atoms with Gasteiger partial charge < -0.3 is 4.90 Å². The molecule has 0 atom stereocenters. The molecule has 0 saturated carbocycles. The molecule has 0 fully saturated rings. The molecule has 3 heteroatoms. The Morgan fingerprint density at radius 3 is 1.57 bits per heavy atom. The van der Waals surface area contributed by atoms with Gasteiger partial charge in [-0.25, -0.2) is 0 Å². The predicted molar refractivity (Wildman–Crippen MR) is 215 cm³/mol. The summed E-state index contributed by atoms with van der Waals surface area (Å²) in [5, 5.41) is 7.66. The highest BCUT2D eigenvalue weighted by Crippen LogP contribution is 2.52. The molecule has 0 unspecified atom stereocenters. The summed E-state index contributed by atoms with van der Waals surface area (Å²) < 4.78 is 5.18. The van der Waals surface area contributed by atoms with Crippen LogP contribution in [0.2, 0.25) is 0 Å². The van der Waals surface area contributed by atoms with Gasteiger partial charge in [-0.15, -0.1) is 22.7 Å². The number of fused-ring (bicyclic) bond motifs is 7. The summed E-state index contributed by atoms with van der Waals surface area (Å²) >= 11 is 3.76. The van der Waals surface area contributed by atoms with Crippen molar-refractivity contribution in [3.05, 3.63) is 176 Å². The van der Waals surface area contributed by atoms with E-state index in [9.17, 15) is 0 Å². The minimum Gasteiger partial charge on any atom is -0.308 e. The highest BCUT2D eigenvalue weighted by atomic mass is 32.1. The number of anilines is 3. The van der Waals surface area contributed by atoms with Gasteiger partial charge in [0.25, 0.3) is 0 Å². The minimum atomic E-state index is 1.17. The number of nitrogens with zero attached hydrogens (tertiary/aromatic N) is 1. The molecule has 2 aromatic heterocycles. The largest absolute Gasteiger partial charge is 0.308 e. The topological polar surface area (TPSA) is 3.24 Å². The lowest BCUT2D eigenvalue weighted by atomic mass is 9.95. The smallest absolute Gasteiger partial charge is 0.0641 e. The van der Waals surface area contributed by atoms with Gasteiger partial charge in [0, 0.05) is 41.0 Å². The first-order valence-electron chi connectivity index (χ1n) is 16.6. The van der Waals surface area contributed by atoms with E-state index in [2.05, 4.69) is 181 Å². The normalized spacial score (nSPS) is 11.7. The van der Waals surface area contributed by atoms with E-state index in [4.69, 9.17) is 0 Å². The van der Waals surface area contributed by atoms with Gasteiger partial charge in [-0.05, 0) is 64.0 Å². The number of benzene rings is 8. The fourth-order valence-electron chi connectivity index (χ4n) is 7.53. The van der Waals surface area contributed by atoms with Crippen LogP contribution in [0.15, 0.2) is 176 Å². The van der Waals surface area contributed by atoms with Gasteiger partial charge in [0.15, 0.2) is 0 Å². The van der Waals surface area contributed by atoms with Gasteiger partial charge in [0.2, 0.25) is 0 Å². The first-order valence-corrected chi connectivity index (χ1v) is 18.2. The Hall–Kier alpha value is -5.74. The fourth-order valence-corrected chi connectivity index (χ4v) is 9.89. The first kappa shape index (κ1) is 28.3. The van der Waals surface area contributed by atoms with E-state index < -0.39 is 0 Å². The van der Waals surface area contributed by atoms with Crippen molar-refractivity contribution in [3.8, 4) is 22.3 Å². The number of hydrogen-bond acceptors (Lipinski definition) is 3. The summed E-state index contributed by atoms with van der Waals surface area (Å²) in [6.07, 6.45) is 0. The van der Waals surface area contributed by atoms with Gasteiger partial charge in [0.1, 0.15) is 0 Å². The zero-order valence-electron chi connectivity index (χ0n) is 26.5. The molecule has 230 valence electrons. The lowest BCUT2D eigenvalue weighted by molar-refractivity contribution is 1.34. The molecule has 10 rings (SSSR count). The second-order valence-corrected chi connectivity index (χ2v) is 14.6. The molecule has 2 heterocycles. The maximum absolute atomic E-state index is 2.55. The Morgan fingerprint density at radius 2 is 0.837 bits per heavy atom. The average molecular weight is 660 g/mol. The van der Waals surface area contributed by atoms with E-state index >= 15 is 0 Å². The first-order chi connectivity index (χ1) is 24.3. The van der Waals surface area contributed by atoms with Crippen LogP contribution < -0.4 is 4.90 Å². The summed E-state index contributed by atoms with van der Waals surface area (Å²) in [6, 6.07) is 64.3. The van der Waals surface area contributed by atoms with Crippen molar-refractivity contribution in [3.63, 3.8) is 0 Å². The SMILES string of the molecule is c1ccc(-c2ccc(N(c3ccc(-c4ccccc4)c4c3sc3ccccc34)c3cccc4sc5ccccc5c34)c3ccccc23)cc1. The van der Waals surface area contributed by atoms with Crippen molar-refractivity contribution >= 4 is 90.9 Å². The van der Waals surface area contributed by atoms with E-state index in [0.717, 1.165) is 0 Å². The summed E-state index contributed by atoms with van der Waals surface area (Å²) in [5.74, 6) is 0. The molecule has 0 aliphatic rings. The van der Waals surface area contributed by atoms with E-state index in [0.29, 0.717) is 0 Å². The minimum absolute atomic E-state index is 1.17. The standard InChI is InChI=1S/C46H29NS2/c1-3-14-30(15-4-1)32-26-28-38(35-19-8-7-18-34(32)35)47(39-22-13-25-43-45(39)37-21-10-11-23-41(37)48-43)40-29-27-33(31-16-5-2-6-17-31)44-36-20-9-12-24-42(36)49-46(40)44/h1-29H. The van der Waals surface area contributed by atoms with E-state index in [1.54, 1.807) is 0 Å². The van der Waals surface area contributed by atoms with Crippen LogP contribution in [0.4, 0.5) is 17.1 Å². The summed E-state index contributed by atoms with van der Waals surface area (Å²) in [4.78, 5) is 2.55. The summed E-state index contributed by atoms with van der Waals surface area (Å²) in [7, 11) is 0. The molecule has 49 heavy (non-hydrogen) atoms. The van der Waals surface area contributed by atoms with E-state index in [-0.39, 0.29) is 0 Å². The molecule has 0 radical (unpaired) electrons. The van der Waals surface area contributed by atoms with Crippen molar-refractivity contribution in [2.45, 2.75) is 0 Å². The molecule has 10 aromatic rings. The molecule has 0 N–H and O–H groups in total. The van der Waals surface area contributed by atoms with Gasteiger partial charge in [-0.3, -0.25) is 0 Å². The number of thiophene rings is 2. The van der Waals surface area contributed by atoms with Crippen molar-refractivity contribution in [2.24, 2.45) is 0 Å². The van der Waals surface area contributed by atoms with Crippen molar-refractivity contribution in [2.75, 3.05) is 4.90 Å². The Balaban J connectivity index is 1.34. The maximum atomic E-state index is 2.55. The molecular formula is C46H29NS2. The zero-order valence-corrected chi connectivity index (χ0v) is 28.1. The van der Waals surface area contributed by atoms with Crippen LogP contribution in [0.5, 0.6) is 0 Å². The lowest BCUT2D eigenvalue weighted by Gasteiger charge is -2.29. The highest BCUT2D eigenvalue weighted by Gasteiger charge is 2.25. The highest BCUT2D eigenvalue weighted by molar-refractivity contribution is 7.26. The lowest BCUT2D eigenvalue weighted by Crippen LogP contribution is -2.11. The van der Waals surface area contributed by atoms with Crippen LogP contribution >= 0.6 is 22.7 Å². The van der Waals surface area contributed by atoms with Crippen LogP contribution in [-0.2, 0) is 0 Å². The Bertz CT molecular complexity index is 2830. The molecule has 0 bridgehead atoms. The fraction of sp³-hybridized carbons (Fsp3) is 0. The number of rotatable bonds is 5. The molecule has 0 saturated heterocycles. The quantitative estimate of drug-likeness (QED) is 0.178. The molecule has 8 aromatic carbocycles. The third-order valence-corrected chi connectivity index (χ3v) is 12.0. The van der Waals surface area contributed by atoms with Crippen LogP contribution in [0.25, 0.3) is 73.4 Å². The summed E-state index contributed by atoms with van der Waals surface area (Å²) in [5.41, 5.74) is 8.52.